The minimum absolute atomic E-state index is 0.0227. The van der Waals surface area contributed by atoms with Crippen molar-refractivity contribution in [3.8, 4) is 0 Å². The number of amides is 2. The Labute approximate surface area is 150 Å². The average Bonchev–Trinajstić information content (AvgIpc) is 2.64. The van der Waals surface area contributed by atoms with E-state index >= 15 is 0 Å². The van der Waals surface area contributed by atoms with Gasteiger partial charge in [-0.3, -0.25) is 14.6 Å². The van der Waals surface area contributed by atoms with E-state index in [2.05, 4.69) is 20.5 Å². The van der Waals surface area contributed by atoms with Crippen LogP contribution in [0.4, 0.5) is 0 Å². The lowest BCUT2D eigenvalue weighted by molar-refractivity contribution is -0.130. The number of nitrogens with zero attached hydrogens (tertiary/aromatic N) is 2. The fraction of sp³-hybridized carbons (Fsp3) is 0.632. The number of pyridine rings is 1. The Morgan fingerprint density at radius 3 is 2.32 bits per heavy atom. The Hall–Kier alpha value is -1.95. The minimum Gasteiger partial charge on any atom is -0.356 e. The van der Waals surface area contributed by atoms with Crippen molar-refractivity contribution in [1.29, 1.82) is 0 Å². The van der Waals surface area contributed by atoms with Crippen LogP contribution in [0.15, 0.2) is 24.5 Å². The molecule has 2 rings (SSSR count). The van der Waals surface area contributed by atoms with E-state index in [0.717, 1.165) is 50.8 Å². The molecule has 0 radical (unpaired) electrons. The summed E-state index contributed by atoms with van der Waals surface area (Å²) in [6.45, 7) is 2.21. The summed E-state index contributed by atoms with van der Waals surface area (Å²) >= 11 is 0. The molecule has 1 aromatic rings. The summed E-state index contributed by atoms with van der Waals surface area (Å²) in [6, 6.07) is 3.81. The fourth-order valence-electron chi connectivity index (χ4n) is 3.21. The lowest BCUT2D eigenvalue weighted by Gasteiger charge is -2.27. The predicted molar refractivity (Wildman–Crippen MR) is 97.7 cm³/mol. The number of nitrogens with one attached hydrogen (secondary N) is 2. The van der Waals surface area contributed by atoms with Crippen molar-refractivity contribution in [2.75, 3.05) is 27.2 Å². The highest BCUT2D eigenvalue weighted by Crippen LogP contribution is 2.29. The summed E-state index contributed by atoms with van der Waals surface area (Å²) in [5.41, 5.74) is 1.00. The molecule has 0 spiro atoms. The fourth-order valence-corrected chi connectivity index (χ4v) is 3.21. The second-order valence-electron chi connectivity index (χ2n) is 7.08. The van der Waals surface area contributed by atoms with E-state index in [1.54, 1.807) is 12.4 Å². The number of aromatic nitrogens is 1. The van der Waals surface area contributed by atoms with Crippen molar-refractivity contribution >= 4 is 11.8 Å². The molecule has 1 aromatic heterocycles. The van der Waals surface area contributed by atoms with E-state index in [1.807, 2.05) is 26.2 Å². The first-order valence-corrected chi connectivity index (χ1v) is 9.15. The van der Waals surface area contributed by atoms with Crippen LogP contribution in [0.25, 0.3) is 0 Å². The third-order valence-corrected chi connectivity index (χ3v) is 4.74. The SMILES string of the molecule is CN(C)CCCNC(=O)C1CCC(C(=O)NCc2cccnc2)CC1. The molecular formula is C19H30N4O2. The van der Waals surface area contributed by atoms with Gasteiger partial charge in [-0.05, 0) is 64.4 Å². The zero-order valence-electron chi connectivity index (χ0n) is 15.3. The van der Waals surface area contributed by atoms with Gasteiger partial charge in [0.05, 0.1) is 0 Å². The van der Waals surface area contributed by atoms with Crippen LogP contribution in [0.2, 0.25) is 0 Å². The zero-order chi connectivity index (χ0) is 18.1. The Morgan fingerprint density at radius 1 is 1.12 bits per heavy atom. The molecule has 0 aliphatic heterocycles. The van der Waals surface area contributed by atoms with Gasteiger partial charge in [-0.2, -0.15) is 0 Å². The maximum absolute atomic E-state index is 12.3. The Morgan fingerprint density at radius 2 is 1.76 bits per heavy atom. The summed E-state index contributed by atoms with van der Waals surface area (Å²) in [6.07, 6.45) is 7.61. The molecular weight excluding hydrogens is 316 g/mol. The van der Waals surface area contributed by atoms with Crippen molar-refractivity contribution < 1.29 is 9.59 Å². The van der Waals surface area contributed by atoms with Gasteiger partial charge in [0.15, 0.2) is 0 Å². The van der Waals surface area contributed by atoms with Crippen molar-refractivity contribution in [3.63, 3.8) is 0 Å². The second-order valence-corrected chi connectivity index (χ2v) is 7.08. The lowest BCUT2D eigenvalue weighted by Crippen LogP contribution is -2.38. The van der Waals surface area contributed by atoms with Gasteiger partial charge >= 0.3 is 0 Å². The number of carbonyl (C=O) groups is 2. The molecule has 0 aromatic carbocycles. The number of hydrogen-bond donors (Lipinski definition) is 2. The largest absolute Gasteiger partial charge is 0.356 e. The molecule has 1 saturated carbocycles. The van der Waals surface area contributed by atoms with Gasteiger partial charge in [0.1, 0.15) is 0 Å². The van der Waals surface area contributed by atoms with Gasteiger partial charge in [0.2, 0.25) is 11.8 Å². The smallest absolute Gasteiger partial charge is 0.223 e. The summed E-state index contributed by atoms with van der Waals surface area (Å²) in [4.78, 5) is 30.6. The van der Waals surface area contributed by atoms with Gasteiger partial charge in [0, 0.05) is 37.3 Å². The zero-order valence-corrected chi connectivity index (χ0v) is 15.3. The molecule has 138 valence electrons. The average molecular weight is 346 g/mol. The van der Waals surface area contributed by atoms with Gasteiger partial charge in [-0.1, -0.05) is 6.07 Å². The first kappa shape index (κ1) is 19.4. The van der Waals surface area contributed by atoms with Crippen molar-refractivity contribution in [2.45, 2.75) is 38.6 Å². The van der Waals surface area contributed by atoms with E-state index in [-0.39, 0.29) is 23.7 Å². The summed E-state index contributed by atoms with van der Waals surface area (Å²) in [5, 5.41) is 6.01. The molecule has 1 aliphatic rings. The van der Waals surface area contributed by atoms with E-state index < -0.39 is 0 Å². The molecule has 25 heavy (non-hydrogen) atoms. The molecule has 1 fully saturated rings. The maximum Gasteiger partial charge on any atom is 0.223 e. The summed E-state index contributed by atoms with van der Waals surface area (Å²) < 4.78 is 0. The highest BCUT2D eigenvalue weighted by Gasteiger charge is 2.29. The van der Waals surface area contributed by atoms with Crippen LogP contribution in [0.5, 0.6) is 0 Å². The number of carbonyl (C=O) groups excluding carboxylic acids is 2. The van der Waals surface area contributed by atoms with E-state index in [1.165, 1.54) is 0 Å². The normalized spacial score (nSPS) is 20.3. The Balaban J connectivity index is 1.64. The van der Waals surface area contributed by atoms with Crippen LogP contribution in [0, 0.1) is 11.8 Å². The van der Waals surface area contributed by atoms with Gasteiger partial charge < -0.3 is 15.5 Å². The molecule has 0 unspecified atom stereocenters. The van der Waals surface area contributed by atoms with Crippen LogP contribution in [-0.2, 0) is 16.1 Å². The molecule has 0 saturated heterocycles. The van der Waals surface area contributed by atoms with Gasteiger partial charge in [0.25, 0.3) is 0 Å². The van der Waals surface area contributed by atoms with E-state index in [9.17, 15) is 9.59 Å². The molecule has 6 nitrogen and oxygen atoms in total. The Kier molecular flexibility index (Phi) is 7.85. The molecule has 0 bridgehead atoms. The molecule has 2 amide bonds. The molecule has 2 N–H and O–H groups in total. The van der Waals surface area contributed by atoms with Crippen LogP contribution in [0.1, 0.15) is 37.7 Å². The van der Waals surface area contributed by atoms with Gasteiger partial charge in [-0.25, -0.2) is 0 Å². The summed E-state index contributed by atoms with van der Waals surface area (Å²) in [5.74, 6) is 0.317. The van der Waals surface area contributed by atoms with Gasteiger partial charge in [-0.15, -0.1) is 0 Å². The molecule has 6 heteroatoms. The second kappa shape index (κ2) is 10.1. The third kappa shape index (κ3) is 6.82. The first-order valence-electron chi connectivity index (χ1n) is 9.15. The molecule has 1 aliphatic carbocycles. The lowest BCUT2D eigenvalue weighted by atomic mass is 9.81. The van der Waals surface area contributed by atoms with Crippen LogP contribution >= 0.6 is 0 Å². The standard InChI is InChI=1S/C19H30N4O2/c1-23(2)12-4-11-21-18(24)16-6-8-17(9-7-16)19(25)22-14-15-5-3-10-20-13-15/h3,5,10,13,16-17H,4,6-9,11-12,14H2,1-2H3,(H,21,24)(H,22,25). The van der Waals surface area contributed by atoms with Crippen LogP contribution in [0.3, 0.4) is 0 Å². The first-order chi connectivity index (χ1) is 12.1. The van der Waals surface area contributed by atoms with E-state index in [0.29, 0.717) is 6.54 Å². The highest BCUT2D eigenvalue weighted by atomic mass is 16.2. The monoisotopic (exact) mass is 346 g/mol. The summed E-state index contributed by atoms with van der Waals surface area (Å²) in [7, 11) is 4.06. The maximum atomic E-state index is 12.3. The highest BCUT2D eigenvalue weighted by molar-refractivity contribution is 5.81. The van der Waals surface area contributed by atoms with E-state index in [4.69, 9.17) is 0 Å². The molecule has 1 heterocycles. The minimum atomic E-state index is 0.0227. The number of hydrogen-bond acceptors (Lipinski definition) is 4. The number of rotatable bonds is 8. The predicted octanol–water partition coefficient (Wildman–Crippen LogP) is 1.57. The topological polar surface area (TPSA) is 74.3 Å². The van der Waals surface area contributed by atoms with Crippen molar-refractivity contribution in [2.24, 2.45) is 11.8 Å². The van der Waals surface area contributed by atoms with Crippen molar-refractivity contribution in [1.82, 2.24) is 20.5 Å². The third-order valence-electron chi connectivity index (χ3n) is 4.74. The molecule has 0 atom stereocenters. The van der Waals surface area contributed by atoms with Crippen molar-refractivity contribution in [3.05, 3.63) is 30.1 Å². The van der Waals surface area contributed by atoms with Crippen LogP contribution < -0.4 is 10.6 Å². The quantitative estimate of drug-likeness (QED) is 0.701. The Bertz CT molecular complexity index is 540. The van der Waals surface area contributed by atoms with Crippen LogP contribution in [-0.4, -0.2) is 48.9 Å².